The molecule has 0 bridgehead atoms. The van der Waals surface area contributed by atoms with E-state index in [1.165, 1.54) is 10.6 Å². The summed E-state index contributed by atoms with van der Waals surface area (Å²) >= 11 is -0.671. The molecule has 1 nitrogen and oxygen atoms in total. The first kappa shape index (κ1) is 7.49. The van der Waals surface area contributed by atoms with Crippen molar-refractivity contribution in [2.45, 2.75) is 24.4 Å². The zero-order valence-corrected chi connectivity index (χ0v) is 6.55. The molecule has 0 fully saturated rings. The molecule has 0 spiro atoms. The van der Waals surface area contributed by atoms with Gasteiger partial charge in [0.2, 0.25) is 0 Å². The molecular weight excluding hydrogens is 103 g/mol. The fourth-order valence-corrected chi connectivity index (χ4v) is 1.87. The maximum absolute atomic E-state index is 5.19. The van der Waals surface area contributed by atoms with Crippen molar-refractivity contribution in [1.82, 2.24) is 0 Å². The van der Waals surface area contributed by atoms with Gasteiger partial charge in [-0.1, -0.05) is 24.4 Å². The molecule has 0 heterocycles. The molecule has 0 saturated heterocycles. The van der Waals surface area contributed by atoms with Crippen LogP contribution in [0.3, 0.4) is 0 Å². The molecule has 0 atom stereocenters. The molecule has 0 aliphatic heterocycles. The Labute approximate surface area is 50.4 Å². The second kappa shape index (κ2) is 4.65. The Kier molecular flexibility index (Phi) is 4.97. The van der Waals surface area contributed by atoms with Crippen molar-refractivity contribution < 1.29 is 3.79 Å². The van der Waals surface area contributed by atoms with Gasteiger partial charge in [-0.25, -0.2) is 0 Å². The second-order valence-electron chi connectivity index (χ2n) is 1.67. The van der Waals surface area contributed by atoms with Crippen LogP contribution in [0.4, 0.5) is 0 Å². The van der Waals surface area contributed by atoms with Crippen LogP contribution in [0.5, 0.6) is 0 Å². The first-order chi connectivity index (χ1) is 3.35. The van der Waals surface area contributed by atoms with E-state index in [1.54, 1.807) is 0 Å². The van der Waals surface area contributed by atoms with E-state index in [4.69, 9.17) is 3.79 Å². The van der Waals surface area contributed by atoms with Crippen LogP contribution in [0.25, 0.3) is 0 Å². The minimum Gasteiger partial charge on any atom is -0.503 e. The van der Waals surface area contributed by atoms with E-state index in [2.05, 4.69) is 13.8 Å². The third-order valence-corrected chi connectivity index (χ3v) is 3.73. The molecule has 0 rings (SSSR count). The van der Waals surface area contributed by atoms with Crippen LogP contribution in [-0.2, 0) is 3.79 Å². The fraction of sp³-hybridized carbons (Fsp3) is 1.00. The standard InChI is InChI=1S/2C2H5.CH3O.Al/c3*1-2;/h2*1H2,2H3;1H3;/q;;-1;+1. The largest absolute Gasteiger partial charge is 0.503 e. The Morgan fingerprint density at radius 2 is 1.71 bits per heavy atom. The van der Waals surface area contributed by atoms with Crippen molar-refractivity contribution >= 4 is 14.5 Å². The van der Waals surface area contributed by atoms with Crippen LogP contribution in [0.15, 0.2) is 0 Å². The van der Waals surface area contributed by atoms with Gasteiger partial charge in [0.15, 0.2) is 0 Å². The topological polar surface area (TPSA) is 9.23 Å². The molecule has 0 aromatic rings. The molecule has 0 unspecified atom stereocenters. The van der Waals surface area contributed by atoms with Gasteiger partial charge in [-0.2, -0.15) is 0 Å². The quantitative estimate of drug-likeness (QED) is 0.509. The van der Waals surface area contributed by atoms with Crippen LogP contribution in [-0.4, -0.2) is 21.6 Å². The van der Waals surface area contributed by atoms with Crippen LogP contribution < -0.4 is 0 Å². The Morgan fingerprint density at radius 1 is 1.29 bits per heavy atom. The van der Waals surface area contributed by atoms with Gasteiger partial charge in [-0.05, 0) is 0 Å². The zero-order valence-electron chi connectivity index (χ0n) is 5.40. The molecule has 42 valence electrons. The van der Waals surface area contributed by atoms with Gasteiger partial charge >= 0.3 is 14.5 Å². The van der Waals surface area contributed by atoms with Crippen molar-refractivity contribution in [3.63, 3.8) is 0 Å². The van der Waals surface area contributed by atoms with E-state index in [9.17, 15) is 0 Å². The van der Waals surface area contributed by atoms with Crippen molar-refractivity contribution in [2.24, 2.45) is 0 Å². The van der Waals surface area contributed by atoms with Gasteiger partial charge in [-0.15, -0.1) is 0 Å². The summed E-state index contributed by atoms with van der Waals surface area (Å²) in [7, 11) is 1.82. The minimum absolute atomic E-state index is 0.671. The van der Waals surface area contributed by atoms with Gasteiger partial charge in [0.25, 0.3) is 0 Å². The van der Waals surface area contributed by atoms with Crippen molar-refractivity contribution in [2.75, 3.05) is 7.11 Å². The highest BCUT2D eigenvalue weighted by molar-refractivity contribution is 6.51. The third-order valence-electron chi connectivity index (χ3n) is 1.24. The Hall–Kier alpha value is 0.492. The van der Waals surface area contributed by atoms with Gasteiger partial charge < -0.3 is 3.79 Å². The van der Waals surface area contributed by atoms with Crippen LogP contribution in [0.1, 0.15) is 13.8 Å². The SMILES string of the molecule is C[CH2][Al]([CH2]C)[O]C. The Balaban J connectivity index is 2.99. The molecule has 2 heteroatoms. The molecule has 0 saturated carbocycles. The maximum atomic E-state index is 5.19. The molecular formula is C5H13AlO. The van der Waals surface area contributed by atoms with Gasteiger partial charge in [-0.3, -0.25) is 0 Å². The lowest BCUT2D eigenvalue weighted by molar-refractivity contribution is 0.420. The summed E-state index contributed by atoms with van der Waals surface area (Å²) in [4.78, 5) is 0. The average Bonchev–Trinajstić information content (AvgIpc) is 1.72. The maximum Gasteiger partial charge on any atom is 0.460 e. The molecule has 0 amide bonds. The minimum atomic E-state index is -0.671. The molecule has 0 radical (unpaired) electrons. The highest BCUT2D eigenvalue weighted by Crippen LogP contribution is 1.95. The van der Waals surface area contributed by atoms with Crippen LogP contribution >= 0.6 is 0 Å². The Morgan fingerprint density at radius 3 is 1.71 bits per heavy atom. The van der Waals surface area contributed by atoms with E-state index < -0.39 is 14.5 Å². The predicted octanol–water partition coefficient (Wildman–Crippen LogP) is 1.66. The van der Waals surface area contributed by atoms with E-state index in [1.807, 2.05) is 7.11 Å². The molecule has 0 aliphatic carbocycles. The summed E-state index contributed by atoms with van der Waals surface area (Å²) in [6.07, 6.45) is 0. The summed E-state index contributed by atoms with van der Waals surface area (Å²) in [5.41, 5.74) is 0. The van der Waals surface area contributed by atoms with E-state index in [-0.39, 0.29) is 0 Å². The molecule has 0 aromatic heterocycles. The normalized spacial score (nSPS) is 9.00. The van der Waals surface area contributed by atoms with E-state index in [0.717, 1.165) is 0 Å². The highest BCUT2D eigenvalue weighted by atomic mass is 27.2. The summed E-state index contributed by atoms with van der Waals surface area (Å²) in [6, 6.07) is 0. The number of hydrogen-bond acceptors (Lipinski definition) is 1. The predicted molar refractivity (Wildman–Crippen MR) is 33.7 cm³/mol. The zero-order chi connectivity index (χ0) is 5.70. The van der Waals surface area contributed by atoms with Crippen molar-refractivity contribution in [1.29, 1.82) is 0 Å². The monoisotopic (exact) mass is 116 g/mol. The van der Waals surface area contributed by atoms with E-state index in [0.29, 0.717) is 0 Å². The lowest BCUT2D eigenvalue weighted by Gasteiger charge is -1.99. The number of rotatable bonds is 3. The average molecular weight is 116 g/mol. The van der Waals surface area contributed by atoms with Crippen molar-refractivity contribution in [3.05, 3.63) is 0 Å². The molecule has 0 aliphatic rings. The summed E-state index contributed by atoms with van der Waals surface area (Å²) in [5, 5.41) is 2.54. The van der Waals surface area contributed by atoms with Crippen LogP contribution in [0, 0.1) is 0 Å². The number of hydrogen-bond donors (Lipinski definition) is 0. The fourth-order valence-electron chi connectivity index (χ4n) is 0.622. The molecule has 0 N–H and O–H groups in total. The summed E-state index contributed by atoms with van der Waals surface area (Å²) < 4.78 is 5.19. The smallest absolute Gasteiger partial charge is 0.460 e. The highest BCUT2D eigenvalue weighted by Gasteiger charge is 2.10. The van der Waals surface area contributed by atoms with E-state index >= 15 is 0 Å². The molecule has 7 heavy (non-hydrogen) atoms. The first-order valence-corrected chi connectivity index (χ1v) is 4.98. The third kappa shape index (κ3) is 3.11. The van der Waals surface area contributed by atoms with Crippen molar-refractivity contribution in [3.8, 4) is 0 Å². The lowest BCUT2D eigenvalue weighted by Crippen LogP contribution is -2.11. The second-order valence-corrected chi connectivity index (χ2v) is 5.02. The van der Waals surface area contributed by atoms with Gasteiger partial charge in [0, 0.05) is 7.11 Å². The van der Waals surface area contributed by atoms with Crippen LogP contribution in [0.2, 0.25) is 10.6 Å². The summed E-state index contributed by atoms with van der Waals surface area (Å²) in [6.45, 7) is 4.40. The molecule has 0 aromatic carbocycles. The Bertz CT molecular complexity index is 29.6. The van der Waals surface area contributed by atoms with Gasteiger partial charge in [0.1, 0.15) is 0 Å². The first-order valence-electron chi connectivity index (χ1n) is 2.87. The van der Waals surface area contributed by atoms with Gasteiger partial charge in [0.05, 0.1) is 0 Å². The lowest BCUT2D eigenvalue weighted by atomic mass is 10.9. The summed E-state index contributed by atoms with van der Waals surface area (Å²) in [5.74, 6) is 0.